The molecule has 1 saturated heterocycles. The summed E-state index contributed by atoms with van der Waals surface area (Å²) in [6.07, 6.45) is 2.75. The predicted molar refractivity (Wildman–Crippen MR) is 130 cm³/mol. The number of aromatic nitrogens is 6. The first-order valence-corrected chi connectivity index (χ1v) is 11.4. The van der Waals surface area contributed by atoms with Gasteiger partial charge in [0.1, 0.15) is 0 Å². The van der Waals surface area contributed by atoms with Crippen molar-refractivity contribution in [2.24, 2.45) is 7.05 Å². The molecule has 0 amide bonds. The number of rotatable bonds is 5. The fourth-order valence-corrected chi connectivity index (χ4v) is 4.91. The van der Waals surface area contributed by atoms with Crippen LogP contribution in [0.4, 0.5) is 21.8 Å². The zero-order valence-corrected chi connectivity index (χ0v) is 20.8. The Morgan fingerprint density at radius 2 is 1.85 bits per heavy atom. The van der Waals surface area contributed by atoms with Crippen molar-refractivity contribution in [1.29, 1.82) is 0 Å². The van der Waals surface area contributed by atoms with Gasteiger partial charge in [-0.25, -0.2) is 14.2 Å². The highest BCUT2D eigenvalue weighted by Gasteiger charge is 2.38. The van der Waals surface area contributed by atoms with Crippen LogP contribution in [0.1, 0.15) is 46.1 Å². The number of nitrogens with one attached hydrogen (secondary N) is 3. The minimum atomic E-state index is -0.534. The zero-order valence-electron chi connectivity index (χ0n) is 20.1. The normalized spacial score (nSPS) is 17.5. The van der Waals surface area contributed by atoms with Crippen LogP contribution in [0.5, 0.6) is 0 Å². The number of aryl methyl sites for hydroxylation is 1. The van der Waals surface area contributed by atoms with E-state index >= 15 is 0 Å². The highest BCUT2D eigenvalue weighted by atomic mass is 35.5. The first-order valence-electron chi connectivity index (χ1n) is 11.0. The molecule has 1 aliphatic heterocycles. The third kappa shape index (κ3) is 5.05. The van der Waals surface area contributed by atoms with Gasteiger partial charge in [0.2, 0.25) is 5.95 Å². The fourth-order valence-electron chi connectivity index (χ4n) is 4.70. The molecule has 1 aliphatic rings. The Hall–Kier alpha value is -3.05. The van der Waals surface area contributed by atoms with E-state index in [4.69, 9.17) is 11.6 Å². The Morgan fingerprint density at radius 3 is 2.47 bits per heavy atom. The van der Waals surface area contributed by atoms with Crippen molar-refractivity contribution in [3.63, 3.8) is 0 Å². The molecule has 1 fully saturated rings. The summed E-state index contributed by atoms with van der Waals surface area (Å²) < 4.78 is 16.9. The molecule has 10 nitrogen and oxygen atoms in total. The average Bonchev–Trinajstić information content (AvgIpc) is 3.03. The number of hydrogen-bond donors (Lipinski definition) is 3. The van der Waals surface area contributed by atoms with Gasteiger partial charge in [0.15, 0.2) is 11.6 Å². The maximum absolute atomic E-state index is 14.6. The lowest BCUT2D eigenvalue weighted by Crippen LogP contribution is -2.60. The number of piperidine rings is 1. The predicted octanol–water partition coefficient (Wildman–Crippen LogP) is 3.32. The van der Waals surface area contributed by atoms with E-state index in [9.17, 15) is 9.18 Å². The molecule has 0 spiro atoms. The Labute approximate surface area is 201 Å². The molecule has 0 bridgehead atoms. The smallest absolute Gasteiger partial charge is 0.365 e. The molecule has 182 valence electrons. The summed E-state index contributed by atoms with van der Waals surface area (Å²) in [7, 11) is 1.51. The van der Waals surface area contributed by atoms with Crippen molar-refractivity contribution < 1.29 is 4.39 Å². The van der Waals surface area contributed by atoms with E-state index in [0.717, 1.165) is 28.4 Å². The van der Waals surface area contributed by atoms with Gasteiger partial charge in [0, 0.05) is 34.9 Å². The Kier molecular flexibility index (Phi) is 6.11. The molecule has 4 rings (SSSR count). The standard InChI is InChI=1S/C22H29ClFN9O/c1-12-15(23)7-13(8-17(12)33-20(34)32(6)30-31-33)27-19-25-11-16(24)18(28-19)26-14-9-21(2,3)29-22(4,5)10-14/h7-8,11,14,29H,9-10H2,1-6H3,(H2,25,26,27,28). The van der Waals surface area contributed by atoms with E-state index in [1.54, 1.807) is 19.1 Å². The summed E-state index contributed by atoms with van der Waals surface area (Å²) in [4.78, 5) is 20.8. The second-order valence-corrected chi connectivity index (χ2v) is 10.5. The van der Waals surface area contributed by atoms with Crippen molar-refractivity contribution in [1.82, 2.24) is 35.1 Å². The SMILES string of the molecule is Cc1c(Cl)cc(Nc2ncc(F)c(NC3CC(C)(C)NC(C)(C)C3)n2)cc1-n1nnn(C)c1=O. The summed E-state index contributed by atoms with van der Waals surface area (Å²) in [5.74, 6) is -0.221. The van der Waals surface area contributed by atoms with Crippen LogP contribution in [0.25, 0.3) is 5.69 Å². The minimum Gasteiger partial charge on any atom is -0.365 e. The molecule has 3 heterocycles. The molecule has 0 atom stereocenters. The van der Waals surface area contributed by atoms with Crippen LogP contribution in [0.3, 0.4) is 0 Å². The minimum absolute atomic E-state index is 0.0347. The first kappa shape index (κ1) is 24.1. The average molecular weight is 490 g/mol. The second-order valence-electron chi connectivity index (χ2n) is 10.1. The quantitative estimate of drug-likeness (QED) is 0.500. The van der Waals surface area contributed by atoms with Crippen LogP contribution in [-0.4, -0.2) is 46.9 Å². The van der Waals surface area contributed by atoms with E-state index in [2.05, 4.69) is 64.0 Å². The molecule has 3 N–H and O–H groups in total. The molecule has 2 aromatic heterocycles. The molecular formula is C22H29ClFN9O. The molecule has 1 aromatic carbocycles. The summed E-state index contributed by atoms with van der Waals surface area (Å²) in [5, 5.41) is 18.0. The highest BCUT2D eigenvalue weighted by Crippen LogP contribution is 2.31. The summed E-state index contributed by atoms with van der Waals surface area (Å²) in [5.41, 5.74) is 1.04. The van der Waals surface area contributed by atoms with E-state index in [1.807, 2.05) is 0 Å². The molecule has 0 saturated carbocycles. The van der Waals surface area contributed by atoms with Crippen LogP contribution in [0.2, 0.25) is 5.02 Å². The van der Waals surface area contributed by atoms with Gasteiger partial charge < -0.3 is 16.0 Å². The van der Waals surface area contributed by atoms with Crippen LogP contribution in [-0.2, 0) is 7.05 Å². The number of tetrazole rings is 1. The number of halogens is 2. The maximum atomic E-state index is 14.6. The molecule has 0 radical (unpaired) electrons. The largest absolute Gasteiger partial charge is 0.368 e. The summed E-state index contributed by atoms with van der Waals surface area (Å²) in [6.45, 7) is 10.3. The topological polar surface area (TPSA) is 115 Å². The number of anilines is 3. The third-order valence-electron chi connectivity index (χ3n) is 5.80. The van der Waals surface area contributed by atoms with Crippen LogP contribution in [0, 0.1) is 12.7 Å². The van der Waals surface area contributed by atoms with Crippen LogP contribution in [0.15, 0.2) is 23.1 Å². The molecule has 0 unspecified atom stereocenters. The third-order valence-corrected chi connectivity index (χ3v) is 6.19. The van der Waals surface area contributed by atoms with Crippen molar-refractivity contribution in [3.05, 3.63) is 45.2 Å². The number of hydrogen-bond acceptors (Lipinski definition) is 8. The summed E-state index contributed by atoms with van der Waals surface area (Å²) >= 11 is 6.40. The Bertz CT molecular complexity index is 1270. The number of benzene rings is 1. The van der Waals surface area contributed by atoms with Gasteiger partial charge in [-0.3, -0.25) is 0 Å². The van der Waals surface area contributed by atoms with Crippen molar-refractivity contribution >= 4 is 29.1 Å². The van der Waals surface area contributed by atoms with Gasteiger partial charge >= 0.3 is 5.69 Å². The molecule has 34 heavy (non-hydrogen) atoms. The summed E-state index contributed by atoms with van der Waals surface area (Å²) in [6, 6.07) is 3.40. The zero-order chi connectivity index (χ0) is 24.8. The highest BCUT2D eigenvalue weighted by molar-refractivity contribution is 6.31. The van der Waals surface area contributed by atoms with Gasteiger partial charge in [-0.05, 0) is 75.6 Å². The molecule has 0 aliphatic carbocycles. The Balaban J connectivity index is 1.61. The fraction of sp³-hybridized carbons (Fsp3) is 0.500. The second kappa shape index (κ2) is 8.62. The van der Waals surface area contributed by atoms with Crippen molar-refractivity contribution in [2.75, 3.05) is 10.6 Å². The van der Waals surface area contributed by atoms with E-state index in [0.29, 0.717) is 22.0 Å². The number of nitrogens with zero attached hydrogens (tertiary/aromatic N) is 6. The van der Waals surface area contributed by atoms with Crippen molar-refractivity contribution in [2.45, 2.75) is 64.6 Å². The van der Waals surface area contributed by atoms with Crippen molar-refractivity contribution in [3.8, 4) is 5.69 Å². The molecular weight excluding hydrogens is 461 g/mol. The maximum Gasteiger partial charge on any atom is 0.368 e. The molecule has 12 heteroatoms. The Morgan fingerprint density at radius 1 is 1.18 bits per heavy atom. The molecule has 3 aromatic rings. The van der Waals surface area contributed by atoms with Gasteiger partial charge in [-0.2, -0.15) is 14.3 Å². The van der Waals surface area contributed by atoms with Gasteiger partial charge in [-0.15, -0.1) is 0 Å². The lowest BCUT2D eigenvalue weighted by molar-refractivity contribution is 0.170. The van der Waals surface area contributed by atoms with Crippen LogP contribution >= 0.6 is 11.6 Å². The van der Waals surface area contributed by atoms with Gasteiger partial charge in [0.25, 0.3) is 0 Å². The van der Waals surface area contributed by atoms with Gasteiger partial charge in [0.05, 0.1) is 11.9 Å². The van der Waals surface area contributed by atoms with Crippen LogP contribution < -0.4 is 21.6 Å². The van der Waals surface area contributed by atoms with E-state index in [-0.39, 0.29) is 28.9 Å². The first-order chi connectivity index (χ1) is 15.8. The lowest BCUT2D eigenvalue weighted by atomic mass is 9.79. The van der Waals surface area contributed by atoms with E-state index < -0.39 is 11.5 Å². The monoisotopic (exact) mass is 489 g/mol. The van der Waals surface area contributed by atoms with E-state index in [1.165, 1.54) is 7.05 Å². The lowest BCUT2D eigenvalue weighted by Gasteiger charge is -2.46. The van der Waals surface area contributed by atoms with Gasteiger partial charge in [-0.1, -0.05) is 11.6 Å².